The molecular formula is C15H36. The van der Waals surface area contributed by atoms with Gasteiger partial charge in [-0.25, -0.2) is 0 Å². The fourth-order valence-electron chi connectivity index (χ4n) is 1.79. The maximum Gasteiger partial charge on any atom is -0.0389 e. The smallest absolute Gasteiger partial charge is 0.0389 e. The van der Waals surface area contributed by atoms with Crippen LogP contribution in [-0.4, -0.2) is 0 Å². The minimum absolute atomic E-state index is 0.940. The van der Waals surface area contributed by atoms with Gasteiger partial charge in [0.2, 0.25) is 0 Å². The van der Waals surface area contributed by atoms with E-state index in [0.29, 0.717) is 0 Å². The molecule has 0 saturated carbocycles. The topological polar surface area (TPSA) is 0 Å². The molecule has 1 unspecified atom stereocenters. The van der Waals surface area contributed by atoms with Crippen LogP contribution in [0.4, 0.5) is 0 Å². The van der Waals surface area contributed by atoms with Crippen molar-refractivity contribution in [1.29, 1.82) is 0 Å². The van der Waals surface area contributed by atoms with Gasteiger partial charge >= 0.3 is 0 Å². The molecule has 0 radical (unpaired) electrons. The van der Waals surface area contributed by atoms with Gasteiger partial charge in [0.1, 0.15) is 0 Å². The fraction of sp³-hybridized carbons (Fsp3) is 1.00. The van der Waals surface area contributed by atoms with Crippen LogP contribution < -0.4 is 0 Å². The van der Waals surface area contributed by atoms with Crippen LogP contribution in [0.1, 0.15) is 87.5 Å². The van der Waals surface area contributed by atoms with E-state index < -0.39 is 0 Å². The van der Waals surface area contributed by atoms with Gasteiger partial charge in [0.25, 0.3) is 0 Å². The van der Waals surface area contributed by atoms with Gasteiger partial charge in [-0.2, -0.15) is 0 Å². The van der Waals surface area contributed by atoms with E-state index in [4.69, 9.17) is 0 Å². The minimum atomic E-state index is 0.940. The summed E-state index contributed by atoms with van der Waals surface area (Å²) < 4.78 is 0. The van der Waals surface area contributed by atoms with Crippen molar-refractivity contribution >= 4 is 0 Å². The van der Waals surface area contributed by atoms with Crippen LogP contribution in [0.5, 0.6) is 0 Å². The molecule has 0 aromatic carbocycles. The molecule has 0 heteroatoms. The molecule has 1 atom stereocenters. The number of hydrogen-bond acceptors (Lipinski definition) is 0. The van der Waals surface area contributed by atoms with E-state index in [2.05, 4.69) is 27.7 Å². The van der Waals surface area contributed by atoms with E-state index in [9.17, 15) is 0 Å². The Bertz CT molecular complexity index is 70.1. The molecular weight excluding hydrogens is 180 g/mol. The van der Waals surface area contributed by atoms with Crippen molar-refractivity contribution in [3.63, 3.8) is 0 Å². The summed E-state index contributed by atoms with van der Waals surface area (Å²) in [5.41, 5.74) is 0. The maximum absolute atomic E-state index is 2.40. The molecule has 0 aromatic heterocycles. The SMILES string of the molecule is CC.CC.CCCC(CCC)C(C)CC. The standard InChI is InChI=1S/C11H24.2C2H6/c1-5-8-11(9-6-2)10(4)7-3;2*1-2/h10-11H,5-9H2,1-4H3;2*1-2H3. The predicted octanol–water partition coefficient (Wildman–Crippen LogP) is 6.30. The van der Waals surface area contributed by atoms with E-state index in [-0.39, 0.29) is 0 Å². The molecule has 0 aliphatic rings. The molecule has 15 heavy (non-hydrogen) atoms. The molecule has 0 rings (SSSR count). The quantitative estimate of drug-likeness (QED) is 0.488. The predicted molar refractivity (Wildman–Crippen MR) is 75.5 cm³/mol. The van der Waals surface area contributed by atoms with Crippen molar-refractivity contribution in [1.82, 2.24) is 0 Å². The Kier molecular flexibility index (Phi) is 26.6. The minimum Gasteiger partial charge on any atom is -0.0683 e. The summed E-state index contributed by atoms with van der Waals surface area (Å²) in [4.78, 5) is 0. The Morgan fingerprint density at radius 3 is 1.27 bits per heavy atom. The lowest BCUT2D eigenvalue weighted by molar-refractivity contribution is 0.302. The highest BCUT2D eigenvalue weighted by atomic mass is 14.2. The molecule has 0 aromatic rings. The van der Waals surface area contributed by atoms with E-state index in [1.54, 1.807) is 0 Å². The zero-order valence-electron chi connectivity index (χ0n) is 12.7. The van der Waals surface area contributed by atoms with Gasteiger partial charge in [0.15, 0.2) is 0 Å². The van der Waals surface area contributed by atoms with Gasteiger partial charge in [-0.05, 0) is 11.8 Å². The summed E-state index contributed by atoms with van der Waals surface area (Å²) in [6, 6.07) is 0. The van der Waals surface area contributed by atoms with E-state index in [0.717, 1.165) is 11.8 Å². The molecule has 0 heterocycles. The van der Waals surface area contributed by atoms with Crippen molar-refractivity contribution in [3.8, 4) is 0 Å². The first-order valence-electron chi connectivity index (χ1n) is 7.26. The first kappa shape index (κ1) is 20.4. The van der Waals surface area contributed by atoms with Crippen molar-refractivity contribution in [2.75, 3.05) is 0 Å². The average Bonchev–Trinajstić information content (AvgIpc) is 2.33. The number of rotatable bonds is 6. The maximum atomic E-state index is 2.40. The fourth-order valence-corrected chi connectivity index (χ4v) is 1.79. The van der Waals surface area contributed by atoms with Crippen LogP contribution >= 0.6 is 0 Å². The second-order valence-corrected chi connectivity index (χ2v) is 3.72. The lowest BCUT2D eigenvalue weighted by Crippen LogP contribution is -2.10. The largest absolute Gasteiger partial charge is 0.0683 e. The molecule has 0 fully saturated rings. The van der Waals surface area contributed by atoms with Gasteiger partial charge in [-0.1, -0.05) is 87.5 Å². The van der Waals surface area contributed by atoms with Gasteiger partial charge in [-0.3, -0.25) is 0 Å². The van der Waals surface area contributed by atoms with Crippen LogP contribution in [0.15, 0.2) is 0 Å². The highest BCUT2D eigenvalue weighted by Crippen LogP contribution is 2.24. The third kappa shape index (κ3) is 14.0. The Hall–Kier alpha value is 0. The second-order valence-electron chi connectivity index (χ2n) is 3.72. The van der Waals surface area contributed by atoms with Crippen LogP contribution in [0, 0.1) is 11.8 Å². The monoisotopic (exact) mass is 216 g/mol. The lowest BCUT2D eigenvalue weighted by atomic mass is 9.85. The van der Waals surface area contributed by atoms with Crippen LogP contribution in [0.25, 0.3) is 0 Å². The molecule has 96 valence electrons. The van der Waals surface area contributed by atoms with Crippen LogP contribution in [0.3, 0.4) is 0 Å². The molecule has 0 amide bonds. The van der Waals surface area contributed by atoms with Crippen LogP contribution in [-0.2, 0) is 0 Å². The third-order valence-electron chi connectivity index (χ3n) is 2.77. The third-order valence-corrected chi connectivity index (χ3v) is 2.77. The molecule has 0 spiro atoms. The zero-order valence-corrected chi connectivity index (χ0v) is 12.7. The lowest BCUT2D eigenvalue weighted by Gasteiger charge is -2.21. The average molecular weight is 216 g/mol. The normalized spacial score (nSPS) is 11.0. The van der Waals surface area contributed by atoms with Crippen molar-refractivity contribution in [2.24, 2.45) is 11.8 Å². The van der Waals surface area contributed by atoms with E-state index in [1.807, 2.05) is 27.7 Å². The summed E-state index contributed by atoms with van der Waals surface area (Å²) >= 11 is 0. The van der Waals surface area contributed by atoms with Gasteiger partial charge in [-0.15, -0.1) is 0 Å². The first-order chi connectivity index (χ1) is 7.26. The molecule has 0 saturated heterocycles. The molecule has 0 bridgehead atoms. The summed E-state index contributed by atoms with van der Waals surface area (Å²) in [6.07, 6.45) is 6.93. The molecule has 0 N–H and O–H groups in total. The molecule has 0 aliphatic carbocycles. The Morgan fingerprint density at radius 2 is 1.07 bits per heavy atom. The molecule has 0 nitrogen and oxygen atoms in total. The summed E-state index contributed by atoms with van der Waals surface area (Å²) in [5.74, 6) is 1.94. The summed E-state index contributed by atoms with van der Waals surface area (Å²) in [5, 5.41) is 0. The Balaban J connectivity index is -0.000000318. The Labute approximate surface area is 99.9 Å². The van der Waals surface area contributed by atoms with Crippen molar-refractivity contribution in [3.05, 3.63) is 0 Å². The Morgan fingerprint density at radius 1 is 0.733 bits per heavy atom. The van der Waals surface area contributed by atoms with Crippen LogP contribution in [0.2, 0.25) is 0 Å². The zero-order chi connectivity index (χ0) is 12.7. The first-order valence-corrected chi connectivity index (χ1v) is 7.26. The van der Waals surface area contributed by atoms with E-state index >= 15 is 0 Å². The van der Waals surface area contributed by atoms with Crippen molar-refractivity contribution in [2.45, 2.75) is 87.5 Å². The highest BCUT2D eigenvalue weighted by Gasteiger charge is 2.12. The van der Waals surface area contributed by atoms with Gasteiger partial charge < -0.3 is 0 Å². The highest BCUT2D eigenvalue weighted by molar-refractivity contribution is 4.64. The van der Waals surface area contributed by atoms with Crippen molar-refractivity contribution < 1.29 is 0 Å². The summed E-state index contributed by atoms with van der Waals surface area (Å²) in [6.45, 7) is 17.3. The van der Waals surface area contributed by atoms with Gasteiger partial charge in [0, 0.05) is 0 Å². The second kappa shape index (κ2) is 19.6. The van der Waals surface area contributed by atoms with Gasteiger partial charge in [0.05, 0.1) is 0 Å². The summed E-state index contributed by atoms with van der Waals surface area (Å²) in [7, 11) is 0. The molecule has 0 aliphatic heterocycles. The number of hydrogen-bond donors (Lipinski definition) is 0. The van der Waals surface area contributed by atoms with E-state index in [1.165, 1.54) is 32.1 Å².